The van der Waals surface area contributed by atoms with E-state index in [1.54, 1.807) is 6.20 Å². The number of aldehydes is 1. The molecule has 2 aromatic heterocycles. The Hall–Kier alpha value is -1.64. The number of H-pyrrole nitrogens is 1. The third kappa shape index (κ3) is 0.830. The van der Waals surface area contributed by atoms with Gasteiger partial charge < -0.3 is 4.98 Å². The standard InChI is InChI=1S/C9H8N2O/c1-6-7(5-12)4-11-9-8(6)2-3-10-9/h2-5H,1H3,(H,10,11). The fourth-order valence-corrected chi connectivity index (χ4v) is 1.28. The minimum Gasteiger partial charge on any atom is -0.346 e. The van der Waals surface area contributed by atoms with Crippen molar-refractivity contribution in [1.29, 1.82) is 0 Å². The number of aryl methyl sites for hydroxylation is 1. The normalized spacial score (nSPS) is 10.4. The summed E-state index contributed by atoms with van der Waals surface area (Å²) in [4.78, 5) is 17.6. The molecule has 2 aromatic rings. The third-order valence-electron chi connectivity index (χ3n) is 2.02. The van der Waals surface area contributed by atoms with Gasteiger partial charge in [-0.1, -0.05) is 0 Å². The van der Waals surface area contributed by atoms with Crippen LogP contribution in [0.4, 0.5) is 0 Å². The zero-order valence-corrected chi connectivity index (χ0v) is 6.66. The number of aromatic amines is 1. The van der Waals surface area contributed by atoms with Gasteiger partial charge in [-0.05, 0) is 18.6 Å². The van der Waals surface area contributed by atoms with Crippen molar-refractivity contribution < 1.29 is 4.79 Å². The Morgan fingerprint density at radius 3 is 3.17 bits per heavy atom. The van der Waals surface area contributed by atoms with E-state index in [4.69, 9.17) is 0 Å². The van der Waals surface area contributed by atoms with Crippen molar-refractivity contribution in [3.63, 3.8) is 0 Å². The summed E-state index contributed by atoms with van der Waals surface area (Å²) in [5.41, 5.74) is 2.47. The number of fused-ring (bicyclic) bond motifs is 1. The zero-order chi connectivity index (χ0) is 8.55. The first-order valence-electron chi connectivity index (χ1n) is 3.71. The Kier molecular flexibility index (Phi) is 1.43. The average molecular weight is 160 g/mol. The van der Waals surface area contributed by atoms with Crippen LogP contribution in [0.15, 0.2) is 18.5 Å². The van der Waals surface area contributed by atoms with Gasteiger partial charge in [-0.15, -0.1) is 0 Å². The minimum absolute atomic E-state index is 0.655. The van der Waals surface area contributed by atoms with E-state index in [0.717, 1.165) is 22.9 Å². The van der Waals surface area contributed by atoms with Crippen LogP contribution >= 0.6 is 0 Å². The molecule has 2 heterocycles. The first kappa shape index (κ1) is 7.03. The Morgan fingerprint density at radius 2 is 2.42 bits per heavy atom. The molecule has 0 saturated carbocycles. The molecule has 0 atom stereocenters. The molecule has 0 radical (unpaired) electrons. The van der Waals surface area contributed by atoms with E-state index in [2.05, 4.69) is 9.97 Å². The number of carbonyl (C=O) groups excluding carboxylic acids is 1. The monoisotopic (exact) mass is 160 g/mol. The van der Waals surface area contributed by atoms with Crippen LogP contribution < -0.4 is 0 Å². The summed E-state index contributed by atoms with van der Waals surface area (Å²) < 4.78 is 0. The molecule has 0 amide bonds. The molecule has 60 valence electrons. The molecule has 0 saturated heterocycles. The van der Waals surface area contributed by atoms with E-state index in [-0.39, 0.29) is 0 Å². The quantitative estimate of drug-likeness (QED) is 0.645. The van der Waals surface area contributed by atoms with Crippen LogP contribution in [0.5, 0.6) is 0 Å². The molecule has 3 nitrogen and oxygen atoms in total. The lowest BCUT2D eigenvalue weighted by Gasteiger charge is -1.97. The predicted molar refractivity (Wildman–Crippen MR) is 46.2 cm³/mol. The average Bonchev–Trinajstić information content (AvgIpc) is 2.53. The summed E-state index contributed by atoms with van der Waals surface area (Å²) in [6.45, 7) is 1.92. The van der Waals surface area contributed by atoms with Crippen molar-refractivity contribution in [1.82, 2.24) is 9.97 Å². The van der Waals surface area contributed by atoms with E-state index >= 15 is 0 Å². The number of hydrogen-bond acceptors (Lipinski definition) is 2. The molecule has 0 aliphatic carbocycles. The molecular formula is C9H8N2O. The molecule has 0 aromatic carbocycles. The van der Waals surface area contributed by atoms with Gasteiger partial charge in [0.25, 0.3) is 0 Å². The van der Waals surface area contributed by atoms with Gasteiger partial charge in [-0.3, -0.25) is 4.79 Å². The molecule has 0 bridgehead atoms. The highest BCUT2D eigenvalue weighted by Gasteiger charge is 2.03. The molecule has 12 heavy (non-hydrogen) atoms. The Labute approximate surface area is 69.4 Å². The van der Waals surface area contributed by atoms with E-state index in [1.807, 2.05) is 19.2 Å². The molecule has 3 heteroatoms. The SMILES string of the molecule is Cc1c(C=O)cnc2[nH]ccc12. The van der Waals surface area contributed by atoms with Gasteiger partial charge in [0.05, 0.1) is 0 Å². The lowest BCUT2D eigenvalue weighted by atomic mass is 10.1. The summed E-state index contributed by atoms with van der Waals surface area (Å²) >= 11 is 0. The Morgan fingerprint density at radius 1 is 1.58 bits per heavy atom. The number of nitrogens with one attached hydrogen (secondary N) is 1. The maximum atomic E-state index is 10.5. The highest BCUT2D eigenvalue weighted by atomic mass is 16.1. The van der Waals surface area contributed by atoms with E-state index in [0.29, 0.717) is 5.56 Å². The molecule has 0 aliphatic heterocycles. The van der Waals surface area contributed by atoms with Crippen LogP contribution in [0, 0.1) is 6.92 Å². The van der Waals surface area contributed by atoms with Gasteiger partial charge in [0, 0.05) is 23.3 Å². The predicted octanol–water partition coefficient (Wildman–Crippen LogP) is 1.68. The van der Waals surface area contributed by atoms with E-state index < -0.39 is 0 Å². The van der Waals surface area contributed by atoms with Crippen molar-refractivity contribution in [3.8, 4) is 0 Å². The summed E-state index contributed by atoms with van der Waals surface area (Å²) in [7, 11) is 0. The highest BCUT2D eigenvalue weighted by Crippen LogP contribution is 2.16. The number of hydrogen-bond donors (Lipinski definition) is 1. The number of pyridine rings is 1. The second-order valence-electron chi connectivity index (χ2n) is 2.70. The molecule has 2 rings (SSSR count). The largest absolute Gasteiger partial charge is 0.346 e. The van der Waals surface area contributed by atoms with Gasteiger partial charge >= 0.3 is 0 Å². The molecule has 0 fully saturated rings. The van der Waals surface area contributed by atoms with Crippen LogP contribution in [0.2, 0.25) is 0 Å². The third-order valence-corrected chi connectivity index (χ3v) is 2.02. The summed E-state index contributed by atoms with van der Waals surface area (Å²) in [6, 6.07) is 1.92. The summed E-state index contributed by atoms with van der Waals surface area (Å²) in [5.74, 6) is 0. The molecule has 0 unspecified atom stereocenters. The van der Waals surface area contributed by atoms with Crippen molar-refractivity contribution >= 4 is 17.3 Å². The van der Waals surface area contributed by atoms with Gasteiger partial charge in [0.1, 0.15) is 5.65 Å². The molecule has 0 aliphatic rings. The van der Waals surface area contributed by atoms with Crippen LogP contribution in [-0.2, 0) is 0 Å². The van der Waals surface area contributed by atoms with Crippen molar-refractivity contribution in [2.45, 2.75) is 6.92 Å². The molecule has 0 spiro atoms. The Bertz CT molecular complexity index is 431. The van der Waals surface area contributed by atoms with E-state index in [9.17, 15) is 4.79 Å². The van der Waals surface area contributed by atoms with Crippen molar-refractivity contribution in [2.24, 2.45) is 0 Å². The van der Waals surface area contributed by atoms with Crippen molar-refractivity contribution in [2.75, 3.05) is 0 Å². The first-order chi connectivity index (χ1) is 5.83. The minimum atomic E-state index is 0.655. The molecule has 1 N–H and O–H groups in total. The van der Waals surface area contributed by atoms with E-state index in [1.165, 1.54) is 0 Å². The number of aromatic nitrogens is 2. The highest BCUT2D eigenvalue weighted by molar-refractivity contribution is 5.88. The fourth-order valence-electron chi connectivity index (χ4n) is 1.28. The van der Waals surface area contributed by atoms with Crippen LogP contribution in [0.3, 0.4) is 0 Å². The van der Waals surface area contributed by atoms with Crippen LogP contribution in [0.1, 0.15) is 15.9 Å². The second kappa shape index (κ2) is 2.44. The van der Waals surface area contributed by atoms with Gasteiger partial charge in [0.2, 0.25) is 0 Å². The van der Waals surface area contributed by atoms with Crippen molar-refractivity contribution in [3.05, 3.63) is 29.6 Å². The zero-order valence-electron chi connectivity index (χ0n) is 6.66. The Balaban J connectivity index is 2.86. The lowest BCUT2D eigenvalue weighted by Crippen LogP contribution is -1.89. The second-order valence-corrected chi connectivity index (χ2v) is 2.70. The van der Waals surface area contributed by atoms with Crippen LogP contribution in [-0.4, -0.2) is 16.3 Å². The topological polar surface area (TPSA) is 45.8 Å². The first-order valence-corrected chi connectivity index (χ1v) is 3.71. The van der Waals surface area contributed by atoms with Gasteiger partial charge in [0.15, 0.2) is 6.29 Å². The molecular weight excluding hydrogens is 152 g/mol. The number of rotatable bonds is 1. The maximum absolute atomic E-state index is 10.5. The fraction of sp³-hybridized carbons (Fsp3) is 0.111. The van der Waals surface area contributed by atoms with Gasteiger partial charge in [-0.25, -0.2) is 4.98 Å². The number of carbonyl (C=O) groups is 1. The summed E-state index contributed by atoms with van der Waals surface area (Å²) in [5, 5.41) is 1.01. The lowest BCUT2D eigenvalue weighted by molar-refractivity contribution is 0.112. The maximum Gasteiger partial charge on any atom is 0.151 e. The number of nitrogens with zero attached hydrogens (tertiary/aromatic N) is 1. The smallest absolute Gasteiger partial charge is 0.151 e. The summed E-state index contributed by atoms with van der Waals surface area (Å²) in [6.07, 6.45) is 4.23. The van der Waals surface area contributed by atoms with Crippen LogP contribution in [0.25, 0.3) is 11.0 Å². The van der Waals surface area contributed by atoms with Gasteiger partial charge in [-0.2, -0.15) is 0 Å².